The van der Waals surface area contributed by atoms with Crippen LogP contribution in [0.5, 0.6) is 0 Å². The highest BCUT2D eigenvalue weighted by atomic mass is 79.9. The lowest BCUT2D eigenvalue weighted by atomic mass is 10.1. The molecule has 29 heavy (non-hydrogen) atoms. The predicted octanol–water partition coefficient (Wildman–Crippen LogP) is 3.86. The Hall–Kier alpha value is -2.67. The first-order valence-corrected chi connectivity index (χ1v) is 10.5. The van der Waals surface area contributed by atoms with E-state index in [0.717, 1.165) is 27.8 Å². The number of carbonyl (C=O) groups is 3. The number of benzene rings is 2. The van der Waals surface area contributed by atoms with Crippen molar-refractivity contribution in [3.8, 4) is 0 Å². The summed E-state index contributed by atoms with van der Waals surface area (Å²) in [6.07, 6.45) is 1.79. The van der Waals surface area contributed by atoms with Crippen LogP contribution >= 0.6 is 15.9 Å². The van der Waals surface area contributed by atoms with Gasteiger partial charge in [0.05, 0.1) is 0 Å². The number of hydrogen-bond acceptors (Lipinski definition) is 3. The third kappa shape index (κ3) is 5.44. The summed E-state index contributed by atoms with van der Waals surface area (Å²) in [5.41, 5.74) is 2.43. The summed E-state index contributed by atoms with van der Waals surface area (Å²) >= 11 is 3.41. The molecule has 1 saturated heterocycles. The summed E-state index contributed by atoms with van der Waals surface area (Å²) in [6.45, 7) is 2.82. The van der Waals surface area contributed by atoms with Crippen LogP contribution in [-0.2, 0) is 20.9 Å². The smallest absolute Gasteiger partial charge is 0.239 e. The minimum atomic E-state index is -0.665. The molecule has 1 atom stereocenters. The summed E-state index contributed by atoms with van der Waals surface area (Å²) in [4.78, 5) is 38.5. The van der Waals surface area contributed by atoms with Crippen LogP contribution in [0.3, 0.4) is 0 Å². The molecular formula is C22H24BrN3O3. The summed E-state index contributed by atoms with van der Waals surface area (Å²) < 4.78 is 0.894. The van der Waals surface area contributed by atoms with E-state index in [1.54, 1.807) is 4.90 Å². The summed E-state index contributed by atoms with van der Waals surface area (Å²) in [7, 11) is 0. The molecule has 0 aromatic heterocycles. The van der Waals surface area contributed by atoms with E-state index in [-0.39, 0.29) is 17.7 Å². The SMILES string of the molecule is CCCC(=O)Nc1ccc(CNC(=O)C2CCN(c3cccc(Br)c3)C2=O)cc1. The van der Waals surface area contributed by atoms with Crippen molar-refractivity contribution >= 4 is 45.0 Å². The van der Waals surface area contributed by atoms with Crippen molar-refractivity contribution in [1.29, 1.82) is 0 Å². The topological polar surface area (TPSA) is 78.5 Å². The minimum absolute atomic E-state index is 0.0108. The highest BCUT2D eigenvalue weighted by molar-refractivity contribution is 9.10. The van der Waals surface area contributed by atoms with Gasteiger partial charge in [0.15, 0.2) is 0 Å². The van der Waals surface area contributed by atoms with Crippen LogP contribution < -0.4 is 15.5 Å². The first-order chi connectivity index (χ1) is 14.0. The summed E-state index contributed by atoms with van der Waals surface area (Å²) in [5.74, 6) is -1.10. The first kappa shape index (κ1) is 21.0. The number of carbonyl (C=O) groups excluding carboxylic acids is 3. The molecule has 0 bridgehead atoms. The number of halogens is 1. The third-order valence-electron chi connectivity index (χ3n) is 4.82. The van der Waals surface area contributed by atoms with Gasteiger partial charge in [-0.25, -0.2) is 0 Å². The largest absolute Gasteiger partial charge is 0.351 e. The van der Waals surface area contributed by atoms with E-state index in [1.807, 2.05) is 55.5 Å². The van der Waals surface area contributed by atoms with Gasteiger partial charge in [-0.1, -0.05) is 41.1 Å². The molecule has 1 aliphatic heterocycles. The van der Waals surface area contributed by atoms with Gasteiger partial charge < -0.3 is 15.5 Å². The Labute approximate surface area is 178 Å². The van der Waals surface area contributed by atoms with Gasteiger partial charge in [0.1, 0.15) is 5.92 Å². The number of nitrogens with one attached hydrogen (secondary N) is 2. The zero-order valence-corrected chi connectivity index (χ0v) is 17.9. The van der Waals surface area contributed by atoms with Gasteiger partial charge in [-0.05, 0) is 48.7 Å². The molecule has 2 aromatic rings. The molecule has 3 rings (SSSR count). The fourth-order valence-electron chi connectivity index (χ4n) is 3.29. The molecule has 1 aliphatic rings. The van der Waals surface area contributed by atoms with E-state index in [2.05, 4.69) is 26.6 Å². The van der Waals surface area contributed by atoms with Gasteiger partial charge in [0, 0.05) is 35.4 Å². The van der Waals surface area contributed by atoms with Crippen molar-refractivity contribution in [2.24, 2.45) is 5.92 Å². The monoisotopic (exact) mass is 457 g/mol. The zero-order chi connectivity index (χ0) is 20.8. The number of nitrogens with zero attached hydrogens (tertiary/aromatic N) is 1. The third-order valence-corrected chi connectivity index (χ3v) is 5.32. The van der Waals surface area contributed by atoms with Crippen molar-refractivity contribution < 1.29 is 14.4 Å². The molecule has 1 fully saturated rings. The predicted molar refractivity (Wildman–Crippen MR) is 116 cm³/mol. The fourth-order valence-corrected chi connectivity index (χ4v) is 3.68. The van der Waals surface area contributed by atoms with Gasteiger partial charge in [-0.2, -0.15) is 0 Å². The zero-order valence-electron chi connectivity index (χ0n) is 16.3. The first-order valence-electron chi connectivity index (χ1n) is 9.71. The molecule has 7 heteroatoms. The molecule has 3 amide bonds. The quantitative estimate of drug-likeness (QED) is 0.619. The molecule has 6 nitrogen and oxygen atoms in total. The van der Waals surface area contributed by atoms with E-state index < -0.39 is 5.92 Å². The molecule has 0 aliphatic carbocycles. The molecule has 152 valence electrons. The van der Waals surface area contributed by atoms with Crippen molar-refractivity contribution in [3.05, 3.63) is 58.6 Å². The second-order valence-electron chi connectivity index (χ2n) is 7.02. The molecule has 0 radical (unpaired) electrons. The van der Waals surface area contributed by atoms with Gasteiger partial charge in [-0.3, -0.25) is 14.4 Å². The molecule has 0 spiro atoms. The normalized spacial score (nSPS) is 16.0. The van der Waals surface area contributed by atoms with Crippen molar-refractivity contribution in [2.75, 3.05) is 16.8 Å². The molecule has 1 unspecified atom stereocenters. The minimum Gasteiger partial charge on any atom is -0.351 e. The van der Waals surface area contributed by atoms with Gasteiger partial charge in [0.25, 0.3) is 0 Å². The van der Waals surface area contributed by atoms with Crippen molar-refractivity contribution in [3.63, 3.8) is 0 Å². The average Bonchev–Trinajstić information content (AvgIpc) is 3.09. The van der Waals surface area contributed by atoms with Crippen LogP contribution in [0.1, 0.15) is 31.7 Å². The van der Waals surface area contributed by atoms with Crippen LogP contribution in [0.15, 0.2) is 53.0 Å². The summed E-state index contributed by atoms with van der Waals surface area (Å²) in [5, 5.41) is 5.68. The fraction of sp³-hybridized carbons (Fsp3) is 0.318. The van der Waals surface area contributed by atoms with Crippen LogP contribution in [0.4, 0.5) is 11.4 Å². The van der Waals surface area contributed by atoms with E-state index in [1.165, 1.54) is 0 Å². The van der Waals surface area contributed by atoms with Crippen LogP contribution in [0.2, 0.25) is 0 Å². The Morgan fingerprint density at radius 3 is 2.62 bits per heavy atom. The molecule has 0 saturated carbocycles. The number of amides is 3. The van der Waals surface area contributed by atoms with Gasteiger partial charge >= 0.3 is 0 Å². The van der Waals surface area contributed by atoms with Crippen LogP contribution in [0.25, 0.3) is 0 Å². The van der Waals surface area contributed by atoms with Gasteiger partial charge in [-0.15, -0.1) is 0 Å². The maximum Gasteiger partial charge on any atom is 0.239 e. The average molecular weight is 458 g/mol. The molecule has 1 heterocycles. The lowest BCUT2D eigenvalue weighted by Gasteiger charge is -2.17. The number of hydrogen-bond donors (Lipinski definition) is 2. The van der Waals surface area contributed by atoms with Crippen LogP contribution in [0, 0.1) is 5.92 Å². The van der Waals surface area contributed by atoms with Gasteiger partial charge in [0.2, 0.25) is 17.7 Å². The second kappa shape index (κ2) is 9.69. The Bertz CT molecular complexity index is 898. The Kier molecular flexibility index (Phi) is 7.04. The summed E-state index contributed by atoms with van der Waals surface area (Å²) in [6, 6.07) is 14.8. The van der Waals surface area contributed by atoms with E-state index in [0.29, 0.717) is 25.9 Å². The molecular weight excluding hydrogens is 434 g/mol. The van der Waals surface area contributed by atoms with Crippen LogP contribution in [-0.4, -0.2) is 24.3 Å². The maximum absolute atomic E-state index is 12.7. The maximum atomic E-state index is 12.7. The lowest BCUT2D eigenvalue weighted by molar-refractivity contribution is -0.132. The van der Waals surface area contributed by atoms with E-state index >= 15 is 0 Å². The highest BCUT2D eigenvalue weighted by Gasteiger charge is 2.37. The number of anilines is 2. The van der Waals surface area contributed by atoms with Crippen molar-refractivity contribution in [1.82, 2.24) is 5.32 Å². The molecule has 2 aromatic carbocycles. The second-order valence-corrected chi connectivity index (χ2v) is 7.94. The van der Waals surface area contributed by atoms with Crippen molar-refractivity contribution in [2.45, 2.75) is 32.7 Å². The standard InChI is InChI=1S/C22H24BrN3O3/c1-2-4-20(27)25-17-9-7-15(8-10-17)14-24-21(28)19-11-12-26(22(19)29)18-6-3-5-16(23)13-18/h3,5-10,13,19H,2,4,11-12,14H2,1H3,(H,24,28)(H,25,27). The number of rotatable bonds is 7. The Morgan fingerprint density at radius 1 is 1.17 bits per heavy atom. The Morgan fingerprint density at radius 2 is 1.93 bits per heavy atom. The Balaban J connectivity index is 1.53. The highest BCUT2D eigenvalue weighted by Crippen LogP contribution is 2.27. The lowest BCUT2D eigenvalue weighted by Crippen LogP contribution is -2.36. The molecule has 2 N–H and O–H groups in total. The van der Waals surface area contributed by atoms with E-state index in [4.69, 9.17) is 0 Å². The van der Waals surface area contributed by atoms with E-state index in [9.17, 15) is 14.4 Å².